The minimum Gasteiger partial charge on any atom is -0.388 e. The molecule has 1 N–H and O–H groups in total. The van der Waals surface area contributed by atoms with Gasteiger partial charge in [0.2, 0.25) is 0 Å². The van der Waals surface area contributed by atoms with Crippen molar-refractivity contribution in [3.8, 4) is 0 Å². The molecule has 0 aromatic heterocycles. The lowest BCUT2D eigenvalue weighted by Gasteiger charge is -2.29. The molecule has 0 aliphatic heterocycles. The number of aliphatic hydroxyl groups is 1. The van der Waals surface area contributed by atoms with Crippen LogP contribution in [-0.4, -0.2) is 5.11 Å². The first kappa shape index (κ1) is 11.4. The maximum Gasteiger partial charge on any atom is 0.0821 e. The highest BCUT2D eigenvalue weighted by molar-refractivity contribution is 5.19. The van der Waals surface area contributed by atoms with Crippen LogP contribution in [0.3, 0.4) is 0 Å². The van der Waals surface area contributed by atoms with Crippen molar-refractivity contribution in [1.29, 1.82) is 0 Å². The largest absolute Gasteiger partial charge is 0.388 e. The van der Waals surface area contributed by atoms with Gasteiger partial charge in [0.05, 0.1) is 6.10 Å². The normalized spacial score (nSPS) is 27.3. The van der Waals surface area contributed by atoms with Gasteiger partial charge in [-0.2, -0.15) is 0 Å². The molecule has 0 spiro atoms. The number of benzene rings is 1. The first-order valence-electron chi connectivity index (χ1n) is 6.07. The number of hydrogen-bond donors (Lipinski definition) is 1. The molecule has 3 unspecified atom stereocenters. The van der Waals surface area contributed by atoms with Crippen molar-refractivity contribution in [3.63, 3.8) is 0 Å². The highest BCUT2D eigenvalue weighted by atomic mass is 16.3. The molecule has 1 aromatic rings. The zero-order chi connectivity index (χ0) is 11.5. The molecule has 0 bridgehead atoms. The third-order valence-corrected chi connectivity index (χ3v) is 3.42. The van der Waals surface area contributed by atoms with Crippen LogP contribution in [0.1, 0.15) is 38.4 Å². The highest BCUT2D eigenvalue weighted by Gasteiger charge is 2.25. The lowest BCUT2D eigenvalue weighted by Crippen LogP contribution is -2.19. The first-order valence-corrected chi connectivity index (χ1v) is 6.07. The molecule has 0 radical (unpaired) electrons. The van der Waals surface area contributed by atoms with Crippen LogP contribution < -0.4 is 0 Å². The minimum absolute atomic E-state index is 0.313. The summed E-state index contributed by atoms with van der Waals surface area (Å²) in [5, 5.41) is 10.4. The van der Waals surface area contributed by atoms with E-state index in [9.17, 15) is 5.11 Å². The summed E-state index contributed by atoms with van der Waals surface area (Å²) < 4.78 is 0. The van der Waals surface area contributed by atoms with Crippen LogP contribution in [-0.2, 0) is 0 Å². The van der Waals surface area contributed by atoms with Gasteiger partial charge in [0.25, 0.3) is 0 Å². The molecule has 1 aliphatic carbocycles. The van der Waals surface area contributed by atoms with Crippen LogP contribution in [0.25, 0.3) is 0 Å². The second kappa shape index (κ2) is 4.84. The third kappa shape index (κ3) is 2.53. The molecule has 1 heteroatoms. The van der Waals surface area contributed by atoms with E-state index in [-0.39, 0.29) is 6.10 Å². The molecular weight excluding hydrogens is 196 g/mol. The molecule has 2 rings (SSSR count). The zero-order valence-corrected chi connectivity index (χ0v) is 10.1. The summed E-state index contributed by atoms with van der Waals surface area (Å²) in [6, 6.07) is 10.0. The average molecular weight is 216 g/mol. The van der Waals surface area contributed by atoms with Crippen molar-refractivity contribution in [1.82, 2.24) is 0 Å². The summed E-state index contributed by atoms with van der Waals surface area (Å²) in [5.41, 5.74) is 2.47. The summed E-state index contributed by atoms with van der Waals surface area (Å²) in [4.78, 5) is 0. The van der Waals surface area contributed by atoms with Crippen LogP contribution in [0.5, 0.6) is 0 Å². The van der Waals surface area contributed by atoms with Crippen LogP contribution in [0.15, 0.2) is 42.0 Å². The van der Waals surface area contributed by atoms with Crippen molar-refractivity contribution >= 4 is 0 Å². The fraction of sp³-hybridized carbons (Fsp3) is 0.467. The van der Waals surface area contributed by atoms with Gasteiger partial charge in [-0.1, -0.05) is 48.9 Å². The molecule has 0 fully saturated rings. The Labute approximate surface area is 97.8 Å². The number of rotatable bonds is 2. The summed E-state index contributed by atoms with van der Waals surface area (Å²) in [7, 11) is 0. The van der Waals surface area contributed by atoms with E-state index in [1.807, 2.05) is 30.3 Å². The first-order chi connectivity index (χ1) is 7.66. The second-order valence-electron chi connectivity index (χ2n) is 5.05. The van der Waals surface area contributed by atoms with Crippen LogP contribution in [0, 0.1) is 11.8 Å². The fourth-order valence-corrected chi connectivity index (χ4v) is 2.76. The molecule has 86 valence electrons. The van der Waals surface area contributed by atoms with Crippen LogP contribution in [0.4, 0.5) is 0 Å². The van der Waals surface area contributed by atoms with Gasteiger partial charge in [-0.25, -0.2) is 0 Å². The molecule has 16 heavy (non-hydrogen) atoms. The number of hydrogen-bond acceptors (Lipinski definition) is 1. The standard InChI is InChI=1S/C15H20O/c1-11-8-12(2)10-14(9-11)15(16)13-6-4-3-5-7-13/h3-8,11,14-16H,9-10H2,1-2H3. The Balaban J connectivity index is 2.12. The molecule has 1 aliphatic rings. The molecule has 0 amide bonds. The molecule has 0 saturated heterocycles. The topological polar surface area (TPSA) is 20.2 Å². The highest BCUT2D eigenvalue weighted by Crippen LogP contribution is 2.36. The maximum atomic E-state index is 10.4. The van der Waals surface area contributed by atoms with E-state index in [4.69, 9.17) is 0 Å². The van der Waals surface area contributed by atoms with Gasteiger partial charge < -0.3 is 5.11 Å². The SMILES string of the molecule is CC1=CC(C)CC(C(O)c2ccccc2)C1. The van der Waals surface area contributed by atoms with E-state index in [1.165, 1.54) is 5.57 Å². The zero-order valence-electron chi connectivity index (χ0n) is 10.1. The average Bonchev–Trinajstić information content (AvgIpc) is 2.28. The Kier molecular flexibility index (Phi) is 3.45. The van der Waals surface area contributed by atoms with Gasteiger partial charge >= 0.3 is 0 Å². The van der Waals surface area contributed by atoms with Crippen molar-refractivity contribution < 1.29 is 5.11 Å². The summed E-state index contributed by atoms with van der Waals surface area (Å²) >= 11 is 0. The Morgan fingerprint density at radius 3 is 2.56 bits per heavy atom. The monoisotopic (exact) mass is 216 g/mol. The number of allylic oxidation sites excluding steroid dienone is 2. The third-order valence-electron chi connectivity index (χ3n) is 3.42. The van der Waals surface area contributed by atoms with Gasteiger partial charge in [-0.3, -0.25) is 0 Å². The van der Waals surface area contributed by atoms with Crippen LogP contribution in [0.2, 0.25) is 0 Å². The van der Waals surface area contributed by atoms with Gasteiger partial charge in [0.15, 0.2) is 0 Å². The summed E-state index contributed by atoms with van der Waals surface area (Å²) in [6.45, 7) is 4.40. The molecule has 1 aromatic carbocycles. The van der Waals surface area contributed by atoms with Crippen molar-refractivity contribution in [2.24, 2.45) is 11.8 Å². The quantitative estimate of drug-likeness (QED) is 0.747. The van der Waals surface area contributed by atoms with E-state index in [0.717, 1.165) is 18.4 Å². The van der Waals surface area contributed by atoms with Crippen LogP contribution >= 0.6 is 0 Å². The second-order valence-corrected chi connectivity index (χ2v) is 5.05. The van der Waals surface area contributed by atoms with E-state index >= 15 is 0 Å². The summed E-state index contributed by atoms with van der Waals surface area (Å²) in [5.74, 6) is 0.972. The molecule has 1 nitrogen and oxygen atoms in total. The van der Waals surface area contributed by atoms with E-state index in [1.54, 1.807) is 0 Å². The lowest BCUT2D eigenvalue weighted by atomic mass is 9.79. The fourth-order valence-electron chi connectivity index (χ4n) is 2.76. The van der Waals surface area contributed by atoms with Gasteiger partial charge in [0, 0.05) is 0 Å². The van der Waals surface area contributed by atoms with Crippen molar-refractivity contribution in [2.45, 2.75) is 32.8 Å². The maximum absolute atomic E-state index is 10.4. The van der Waals surface area contributed by atoms with E-state index in [2.05, 4.69) is 19.9 Å². The smallest absolute Gasteiger partial charge is 0.0821 e. The Morgan fingerprint density at radius 2 is 1.94 bits per heavy atom. The van der Waals surface area contributed by atoms with Crippen molar-refractivity contribution in [2.75, 3.05) is 0 Å². The molecule has 0 saturated carbocycles. The molecular formula is C15H20O. The van der Waals surface area contributed by atoms with Gasteiger partial charge in [-0.05, 0) is 37.2 Å². The molecule has 0 heterocycles. The van der Waals surface area contributed by atoms with E-state index < -0.39 is 0 Å². The Hall–Kier alpha value is -1.08. The van der Waals surface area contributed by atoms with Crippen molar-refractivity contribution in [3.05, 3.63) is 47.5 Å². The van der Waals surface area contributed by atoms with Gasteiger partial charge in [-0.15, -0.1) is 0 Å². The predicted octanol–water partition coefficient (Wildman–Crippen LogP) is 3.71. The van der Waals surface area contributed by atoms with E-state index in [0.29, 0.717) is 11.8 Å². The molecule has 3 atom stereocenters. The predicted molar refractivity (Wildman–Crippen MR) is 67.0 cm³/mol. The minimum atomic E-state index is -0.313. The summed E-state index contributed by atoms with van der Waals surface area (Å²) in [6.07, 6.45) is 4.13. The van der Waals surface area contributed by atoms with Gasteiger partial charge in [0.1, 0.15) is 0 Å². The Morgan fingerprint density at radius 1 is 1.25 bits per heavy atom. The lowest BCUT2D eigenvalue weighted by molar-refractivity contribution is 0.0932. The number of aliphatic hydroxyl groups excluding tert-OH is 1. The Bertz CT molecular complexity index is 366.